The Morgan fingerprint density at radius 3 is 1.70 bits per heavy atom. The molecule has 284 valence electrons. The fraction of sp³-hybridized carbons (Fsp3) is 0.400. The maximum absolute atomic E-state index is 4.93. The first-order valence-corrected chi connectivity index (χ1v) is 28.8. The minimum absolute atomic E-state index is 0.647. The average molecular weight is 853 g/mol. The van der Waals surface area contributed by atoms with E-state index in [9.17, 15) is 0 Å². The van der Waals surface area contributed by atoms with Crippen molar-refractivity contribution in [1.82, 2.24) is 0 Å². The molecule has 0 aliphatic heterocycles. The summed E-state index contributed by atoms with van der Waals surface area (Å²) in [7, 11) is 11.0. The van der Waals surface area contributed by atoms with E-state index in [0.717, 1.165) is 21.9 Å². The van der Waals surface area contributed by atoms with Crippen LogP contribution in [0.3, 0.4) is 0 Å². The Morgan fingerprint density at radius 1 is 0.667 bits per heavy atom. The van der Waals surface area contributed by atoms with Crippen LogP contribution >= 0.6 is 17.0 Å². The molecule has 0 saturated heterocycles. The van der Waals surface area contributed by atoms with Crippen molar-refractivity contribution in [3.8, 4) is 22.3 Å². The molecule has 0 bridgehead atoms. The van der Waals surface area contributed by atoms with Gasteiger partial charge in [0, 0.05) is 9.52 Å². The first-order valence-electron chi connectivity index (χ1n) is 20.4. The molecule has 1 aliphatic carbocycles. The molecular weight excluding hydrogens is 791 g/mol. The molecule has 2 atom stereocenters. The fourth-order valence-electron chi connectivity index (χ4n) is 8.11. The normalized spacial score (nSPS) is 13.8. The summed E-state index contributed by atoms with van der Waals surface area (Å²) in [6.07, 6.45) is 13.1. The van der Waals surface area contributed by atoms with Crippen LogP contribution < -0.4 is 0 Å². The van der Waals surface area contributed by atoms with Gasteiger partial charge in [0.05, 0.1) is 0 Å². The van der Waals surface area contributed by atoms with Crippen LogP contribution in [0.2, 0.25) is 13.1 Å². The van der Waals surface area contributed by atoms with E-state index in [1.165, 1.54) is 118 Å². The van der Waals surface area contributed by atoms with Gasteiger partial charge < -0.3 is 0 Å². The predicted octanol–water partition coefficient (Wildman–Crippen LogP) is 17.0. The van der Waals surface area contributed by atoms with Crippen LogP contribution in [0.15, 0.2) is 109 Å². The third-order valence-electron chi connectivity index (χ3n) is 11.1. The van der Waals surface area contributed by atoms with E-state index in [-0.39, 0.29) is 0 Å². The molecule has 2 radical (unpaired) electrons. The van der Waals surface area contributed by atoms with Gasteiger partial charge in [0.25, 0.3) is 0 Å². The standard InChI is InChI=1S/C26H31.C22H25.C2H6Si.2ClH.Zr/c1-3-8-19(2)24-17-23-11-7-12-25(26(23)18-24)22-15-13-21(14-16-22)20-9-5-4-6-10-20;1-4-7-16(3)18-10-12-19(13-11-18)21-9-6-8-20-14-17(5-2)15-22(20)21;1-3-2;;;/h7,11-20H,3-6,8-10H2,1-2H3;6,8-16H,4-5,7H2,1-3H3;1-2H3;2*1H;/q2*-1;;;;+4/p-2. The monoisotopic (exact) mass is 850 g/mol. The summed E-state index contributed by atoms with van der Waals surface area (Å²) < 4.78 is 0. The Morgan fingerprint density at radius 2 is 1.17 bits per heavy atom. The number of rotatable bonds is 10. The molecule has 0 aromatic heterocycles. The Balaban J connectivity index is 0.000000213. The first kappa shape index (κ1) is 44.5. The van der Waals surface area contributed by atoms with Crippen LogP contribution in [0.5, 0.6) is 0 Å². The molecule has 7 rings (SSSR count). The van der Waals surface area contributed by atoms with Crippen LogP contribution in [0, 0.1) is 0 Å². The van der Waals surface area contributed by atoms with Crippen LogP contribution in [0.1, 0.15) is 132 Å². The molecule has 0 nitrogen and oxygen atoms in total. The summed E-state index contributed by atoms with van der Waals surface area (Å²) in [6, 6.07) is 41.5. The summed E-state index contributed by atoms with van der Waals surface area (Å²) in [5, 5.41) is 5.54. The summed E-state index contributed by atoms with van der Waals surface area (Å²) in [5.74, 6) is 2.09. The zero-order chi connectivity index (χ0) is 38.9. The van der Waals surface area contributed by atoms with Gasteiger partial charge in [0.2, 0.25) is 0 Å². The molecule has 54 heavy (non-hydrogen) atoms. The van der Waals surface area contributed by atoms with Gasteiger partial charge in [-0.3, -0.25) is 0 Å². The summed E-state index contributed by atoms with van der Waals surface area (Å²) >= 11 is -0.826. The van der Waals surface area contributed by atoms with Gasteiger partial charge in [-0.2, -0.15) is 12.1 Å². The molecule has 2 unspecified atom stereocenters. The van der Waals surface area contributed by atoms with Gasteiger partial charge in [0.1, 0.15) is 0 Å². The SMILES string of the molecule is CCCC(C)c1cc2c(-c3ccc(C4CCCCC4)cc3)cccc2[cH-]1.CCCC(C)c1ccc(-c2cccc3[cH-]c(CC)cc23)cc1.C[Si]C.[Cl][Zr+2][Cl]. The van der Waals surface area contributed by atoms with Crippen molar-refractivity contribution in [2.24, 2.45) is 0 Å². The Hall–Kier alpha value is -2.22. The zero-order valence-electron chi connectivity index (χ0n) is 34.0. The maximum atomic E-state index is 4.93. The third kappa shape index (κ3) is 12.4. The number of halogens is 2. The summed E-state index contributed by atoms with van der Waals surface area (Å²) in [5.41, 5.74) is 11.3. The number of fused-ring (bicyclic) bond motifs is 2. The van der Waals surface area contributed by atoms with Gasteiger partial charge in [0.15, 0.2) is 0 Å². The van der Waals surface area contributed by atoms with Crippen molar-refractivity contribution in [2.75, 3.05) is 0 Å². The Kier molecular flexibility index (Phi) is 19.6. The molecule has 0 heterocycles. The molecule has 0 spiro atoms. The van der Waals surface area contributed by atoms with Crippen molar-refractivity contribution in [3.63, 3.8) is 0 Å². The molecule has 6 aromatic carbocycles. The Labute approximate surface area is 349 Å². The van der Waals surface area contributed by atoms with Crippen molar-refractivity contribution < 1.29 is 20.8 Å². The number of aryl methyl sites for hydroxylation is 1. The molecule has 0 amide bonds. The topological polar surface area (TPSA) is 0 Å². The van der Waals surface area contributed by atoms with Crippen LogP contribution in [0.4, 0.5) is 0 Å². The van der Waals surface area contributed by atoms with E-state index in [4.69, 9.17) is 17.0 Å². The summed E-state index contributed by atoms with van der Waals surface area (Å²) in [4.78, 5) is 0. The zero-order valence-corrected chi connectivity index (χ0v) is 38.9. The molecular formula is C50H62Cl2SiZr. The first-order chi connectivity index (χ1) is 26.3. The predicted molar refractivity (Wildman–Crippen MR) is 241 cm³/mol. The average Bonchev–Trinajstić information content (AvgIpc) is 3.85. The molecule has 1 saturated carbocycles. The fourth-order valence-corrected chi connectivity index (χ4v) is 8.11. The minimum atomic E-state index is -0.826. The molecule has 6 aromatic rings. The van der Waals surface area contributed by atoms with Crippen LogP contribution in [0.25, 0.3) is 43.8 Å². The van der Waals surface area contributed by atoms with Crippen LogP contribution in [-0.2, 0) is 27.3 Å². The third-order valence-corrected chi connectivity index (χ3v) is 11.1. The van der Waals surface area contributed by atoms with Gasteiger partial charge in [-0.1, -0.05) is 152 Å². The van der Waals surface area contributed by atoms with Gasteiger partial charge >= 0.3 is 37.9 Å². The molecule has 4 heteroatoms. The van der Waals surface area contributed by atoms with Crippen molar-refractivity contribution in [3.05, 3.63) is 131 Å². The quantitative estimate of drug-likeness (QED) is 0.0951. The van der Waals surface area contributed by atoms with Crippen molar-refractivity contribution in [2.45, 2.75) is 130 Å². The number of hydrogen-bond acceptors (Lipinski definition) is 0. The van der Waals surface area contributed by atoms with E-state index >= 15 is 0 Å². The van der Waals surface area contributed by atoms with Gasteiger partial charge in [-0.05, 0) is 72.1 Å². The van der Waals surface area contributed by atoms with Gasteiger partial charge in [-0.15, -0.1) is 69.1 Å². The van der Waals surface area contributed by atoms with Crippen LogP contribution in [-0.4, -0.2) is 9.52 Å². The van der Waals surface area contributed by atoms with E-state index in [1.54, 1.807) is 5.56 Å². The molecule has 1 aliphatic rings. The number of benzene rings is 4. The second-order valence-corrected chi connectivity index (χ2v) is 19.9. The number of hydrogen-bond donors (Lipinski definition) is 0. The van der Waals surface area contributed by atoms with Gasteiger partial charge in [-0.25, -0.2) is 0 Å². The Bertz CT molecular complexity index is 1930. The van der Waals surface area contributed by atoms with E-state index in [0.29, 0.717) is 11.8 Å². The van der Waals surface area contributed by atoms with E-state index in [2.05, 4.69) is 157 Å². The molecule has 1 fully saturated rings. The van der Waals surface area contributed by atoms with E-state index in [1.807, 2.05) is 0 Å². The summed E-state index contributed by atoms with van der Waals surface area (Å²) in [6.45, 7) is 15.7. The second-order valence-electron chi connectivity index (χ2n) is 15.2. The van der Waals surface area contributed by atoms with Crippen molar-refractivity contribution >= 4 is 48.1 Å². The molecule has 0 N–H and O–H groups in total. The van der Waals surface area contributed by atoms with Crippen molar-refractivity contribution in [1.29, 1.82) is 0 Å². The second kappa shape index (κ2) is 23.8. The van der Waals surface area contributed by atoms with E-state index < -0.39 is 20.8 Å².